The predicted molar refractivity (Wildman–Crippen MR) is 117 cm³/mol. The van der Waals surface area contributed by atoms with E-state index in [0.29, 0.717) is 0 Å². The number of halogens is 1. The second-order valence-corrected chi connectivity index (χ2v) is 7.80. The minimum atomic E-state index is -0.244. The van der Waals surface area contributed by atoms with Crippen molar-refractivity contribution in [2.24, 2.45) is 7.05 Å². The van der Waals surface area contributed by atoms with E-state index in [1.807, 2.05) is 28.8 Å². The molecular weight excluding hydrogens is 377 g/mol. The highest BCUT2D eigenvalue weighted by Crippen LogP contribution is 2.25. The van der Waals surface area contributed by atoms with Gasteiger partial charge in [0.15, 0.2) is 0 Å². The van der Waals surface area contributed by atoms with Crippen LogP contribution >= 0.6 is 0 Å². The maximum atomic E-state index is 13.4. The Balaban J connectivity index is 1.59. The molecule has 0 spiro atoms. The molecule has 0 saturated heterocycles. The molecule has 4 rings (SSSR count). The van der Waals surface area contributed by atoms with Crippen molar-refractivity contribution in [3.05, 3.63) is 89.6 Å². The number of rotatable bonds is 7. The highest BCUT2D eigenvalue weighted by Gasteiger charge is 2.14. The summed E-state index contributed by atoms with van der Waals surface area (Å²) in [5, 5.41) is 9.08. The molecule has 154 valence electrons. The summed E-state index contributed by atoms with van der Waals surface area (Å²) in [5.41, 5.74) is 6.34. The SMILES string of the molecule is Cc1ccc(-n2cc(CN(C)CCc3cnn(C)c3)c(-c3ccc(F)cc3)n2)cc1. The number of hydrogen-bond donors (Lipinski definition) is 0. The second kappa shape index (κ2) is 8.63. The van der Waals surface area contributed by atoms with E-state index >= 15 is 0 Å². The molecule has 0 amide bonds. The highest BCUT2D eigenvalue weighted by atomic mass is 19.1. The first kappa shape index (κ1) is 20.0. The summed E-state index contributed by atoms with van der Waals surface area (Å²) < 4.78 is 17.2. The molecule has 6 heteroatoms. The number of aryl methyl sites for hydroxylation is 2. The van der Waals surface area contributed by atoms with E-state index in [-0.39, 0.29) is 5.82 Å². The normalized spacial score (nSPS) is 11.4. The molecule has 30 heavy (non-hydrogen) atoms. The van der Waals surface area contributed by atoms with Crippen molar-refractivity contribution in [3.8, 4) is 16.9 Å². The second-order valence-electron chi connectivity index (χ2n) is 7.80. The largest absolute Gasteiger partial charge is 0.302 e. The summed E-state index contributed by atoms with van der Waals surface area (Å²) in [5.74, 6) is -0.244. The monoisotopic (exact) mass is 403 g/mol. The number of hydrogen-bond acceptors (Lipinski definition) is 3. The van der Waals surface area contributed by atoms with Crippen LogP contribution in [-0.4, -0.2) is 38.1 Å². The molecule has 5 nitrogen and oxygen atoms in total. The Bertz CT molecular complexity index is 1110. The molecule has 0 N–H and O–H groups in total. The minimum absolute atomic E-state index is 0.244. The first-order valence-corrected chi connectivity index (χ1v) is 10.1. The van der Waals surface area contributed by atoms with E-state index in [1.54, 1.807) is 12.1 Å². The molecule has 0 radical (unpaired) electrons. The van der Waals surface area contributed by atoms with Gasteiger partial charge >= 0.3 is 0 Å². The predicted octanol–water partition coefficient (Wildman–Crippen LogP) is 4.39. The van der Waals surface area contributed by atoms with Gasteiger partial charge in [0, 0.05) is 43.7 Å². The van der Waals surface area contributed by atoms with Crippen molar-refractivity contribution in [1.29, 1.82) is 0 Å². The average Bonchev–Trinajstić information content (AvgIpc) is 3.34. The first-order valence-electron chi connectivity index (χ1n) is 10.1. The topological polar surface area (TPSA) is 38.9 Å². The quantitative estimate of drug-likeness (QED) is 0.459. The fourth-order valence-electron chi connectivity index (χ4n) is 3.50. The Morgan fingerprint density at radius 3 is 2.40 bits per heavy atom. The van der Waals surface area contributed by atoms with E-state index in [1.165, 1.54) is 23.3 Å². The average molecular weight is 404 g/mol. The minimum Gasteiger partial charge on any atom is -0.302 e. The van der Waals surface area contributed by atoms with Gasteiger partial charge in [0.05, 0.1) is 17.6 Å². The van der Waals surface area contributed by atoms with Gasteiger partial charge in [-0.2, -0.15) is 10.2 Å². The maximum Gasteiger partial charge on any atom is 0.123 e. The summed E-state index contributed by atoms with van der Waals surface area (Å²) >= 11 is 0. The zero-order valence-electron chi connectivity index (χ0n) is 17.6. The van der Waals surface area contributed by atoms with Crippen molar-refractivity contribution in [3.63, 3.8) is 0 Å². The molecule has 2 aromatic heterocycles. The smallest absolute Gasteiger partial charge is 0.123 e. The first-order chi connectivity index (χ1) is 14.5. The number of likely N-dealkylation sites (N-methyl/N-ethyl adjacent to an activating group) is 1. The van der Waals surface area contributed by atoms with Crippen LogP contribution in [-0.2, 0) is 20.0 Å². The molecule has 0 aliphatic carbocycles. The lowest BCUT2D eigenvalue weighted by Gasteiger charge is -2.16. The van der Waals surface area contributed by atoms with Gasteiger partial charge in [-0.15, -0.1) is 0 Å². The summed E-state index contributed by atoms with van der Waals surface area (Å²) in [6.07, 6.45) is 6.96. The fraction of sp³-hybridized carbons (Fsp3) is 0.250. The van der Waals surface area contributed by atoms with Crippen LogP contribution in [0.4, 0.5) is 4.39 Å². The van der Waals surface area contributed by atoms with Crippen LogP contribution in [0.3, 0.4) is 0 Å². The van der Waals surface area contributed by atoms with E-state index in [2.05, 4.69) is 54.4 Å². The lowest BCUT2D eigenvalue weighted by Crippen LogP contribution is -2.20. The fourth-order valence-corrected chi connectivity index (χ4v) is 3.50. The van der Waals surface area contributed by atoms with E-state index < -0.39 is 0 Å². The summed E-state index contributed by atoms with van der Waals surface area (Å²) in [6.45, 7) is 3.72. The lowest BCUT2D eigenvalue weighted by atomic mass is 10.1. The van der Waals surface area contributed by atoms with E-state index in [9.17, 15) is 4.39 Å². The van der Waals surface area contributed by atoms with E-state index in [4.69, 9.17) is 5.10 Å². The van der Waals surface area contributed by atoms with Crippen LogP contribution in [0.1, 0.15) is 16.7 Å². The van der Waals surface area contributed by atoms with Gasteiger partial charge in [-0.1, -0.05) is 17.7 Å². The van der Waals surface area contributed by atoms with Gasteiger partial charge in [-0.25, -0.2) is 9.07 Å². The van der Waals surface area contributed by atoms with Crippen LogP contribution < -0.4 is 0 Å². The lowest BCUT2D eigenvalue weighted by molar-refractivity contribution is 0.331. The Hall–Kier alpha value is -3.25. The zero-order chi connectivity index (χ0) is 21.1. The van der Waals surface area contributed by atoms with Crippen LogP contribution in [0.15, 0.2) is 67.1 Å². The van der Waals surface area contributed by atoms with Gasteiger partial charge in [0.25, 0.3) is 0 Å². The van der Waals surface area contributed by atoms with Gasteiger partial charge in [-0.3, -0.25) is 4.68 Å². The molecular formula is C24H26FN5. The Labute approximate surface area is 176 Å². The number of nitrogens with zero attached hydrogens (tertiary/aromatic N) is 5. The summed E-state index contributed by atoms with van der Waals surface area (Å²) in [4.78, 5) is 2.27. The third kappa shape index (κ3) is 4.66. The molecule has 0 aliphatic rings. The molecule has 2 heterocycles. The van der Waals surface area contributed by atoms with Gasteiger partial charge in [0.2, 0.25) is 0 Å². The van der Waals surface area contributed by atoms with Crippen molar-refractivity contribution >= 4 is 0 Å². The third-order valence-electron chi connectivity index (χ3n) is 5.19. The van der Waals surface area contributed by atoms with Gasteiger partial charge in [-0.05, 0) is 62.4 Å². The molecule has 0 atom stereocenters. The number of aromatic nitrogens is 4. The van der Waals surface area contributed by atoms with Crippen LogP contribution in [0.2, 0.25) is 0 Å². The van der Waals surface area contributed by atoms with Crippen LogP contribution in [0.25, 0.3) is 16.9 Å². The van der Waals surface area contributed by atoms with Crippen molar-refractivity contribution in [1.82, 2.24) is 24.5 Å². The van der Waals surface area contributed by atoms with Gasteiger partial charge in [0.1, 0.15) is 5.82 Å². The maximum absolute atomic E-state index is 13.4. The molecule has 0 bridgehead atoms. The molecule has 0 saturated carbocycles. The van der Waals surface area contributed by atoms with Gasteiger partial charge < -0.3 is 4.90 Å². The molecule has 2 aromatic carbocycles. The Morgan fingerprint density at radius 2 is 1.73 bits per heavy atom. The third-order valence-corrected chi connectivity index (χ3v) is 5.19. The molecule has 0 fully saturated rings. The summed E-state index contributed by atoms with van der Waals surface area (Å²) in [7, 11) is 4.04. The highest BCUT2D eigenvalue weighted by molar-refractivity contribution is 5.63. The zero-order valence-corrected chi connectivity index (χ0v) is 17.6. The van der Waals surface area contributed by atoms with Crippen LogP contribution in [0, 0.1) is 12.7 Å². The standard InChI is InChI=1S/C24H26FN5/c1-18-4-10-23(11-5-18)30-17-21(24(27-30)20-6-8-22(25)9-7-20)16-28(2)13-12-19-14-26-29(3)15-19/h4-11,14-15,17H,12-13,16H2,1-3H3. The van der Waals surface area contributed by atoms with Crippen molar-refractivity contribution in [2.45, 2.75) is 19.9 Å². The van der Waals surface area contributed by atoms with Crippen LogP contribution in [0.5, 0.6) is 0 Å². The van der Waals surface area contributed by atoms with E-state index in [0.717, 1.165) is 42.0 Å². The van der Waals surface area contributed by atoms with Crippen molar-refractivity contribution < 1.29 is 4.39 Å². The van der Waals surface area contributed by atoms with Crippen molar-refractivity contribution in [2.75, 3.05) is 13.6 Å². The molecule has 4 aromatic rings. The number of benzene rings is 2. The molecule has 0 aliphatic heterocycles. The summed E-state index contributed by atoms with van der Waals surface area (Å²) in [6, 6.07) is 14.8. The Morgan fingerprint density at radius 1 is 1.00 bits per heavy atom. The Kier molecular flexibility index (Phi) is 5.77. The molecule has 0 unspecified atom stereocenters.